The van der Waals surface area contributed by atoms with Gasteiger partial charge in [-0.05, 0) is 51.4 Å². The summed E-state index contributed by atoms with van der Waals surface area (Å²) < 4.78 is 17.5. The number of unbranched alkanes of at least 4 members (excludes halogenated alkanes) is 37. The lowest BCUT2D eigenvalue weighted by atomic mass is 10.0. The summed E-state index contributed by atoms with van der Waals surface area (Å²) in [7, 11) is 0. The molecule has 0 aromatic rings. The van der Waals surface area contributed by atoms with E-state index < -0.39 is 6.10 Å². The standard InChI is InChI=1S/C57H108O5/c1-4-7-10-13-16-19-22-25-26-27-28-29-30-31-34-37-40-43-46-49-52-60-53-55(62-57(59)51-48-45-42-39-36-33-24-21-18-15-12-9-6-3)54-61-56(58)50-47-44-41-38-35-32-23-20-17-14-11-8-5-2/h16,19,25-26,55H,4-15,17-18,20-24,27-54H2,1-3H3/b19-16-,26-25-. The molecule has 0 aromatic heterocycles. The maximum Gasteiger partial charge on any atom is 0.306 e. The lowest BCUT2D eigenvalue weighted by molar-refractivity contribution is -0.163. The Labute approximate surface area is 387 Å². The maximum atomic E-state index is 12.8. The van der Waals surface area contributed by atoms with E-state index in [4.69, 9.17) is 14.2 Å². The molecule has 0 aliphatic rings. The quantitative estimate of drug-likeness (QED) is 0.0346. The Balaban J connectivity index is 4.18. The van der Waals surface area contributed by atoms with Crippen molar-refractivity contribution in [3.05, 3.63) is 24.3 Å². The maximum absolute atomic E-state index is 12.8. The summed E-state index contributed by atoms with van der Waals surface area (Å²) in [5.74, 6) is -0.378. The fourth-order valence-electron chi connectivity index (χ4n) is 8.31. The Morgan fingerprint density at radius 3 is 1.10 bits per heavy atom. The molecule has 5 heteroatoms. The molecule has 366 valence electrons. The number of allylic oxidation sites excluding steroid dienone is 4. The highest BCUT2D eigenvalue weighted by atomic mass is 16.6. The van der Waals surface area contributed by atoms with Gasteiger partial charge in [-0.3, -0.25) is 9.59 Å². The van der Waals surface area contributed by atoms with Crippen molar-refractivity contribution < 1.29 is 23.8 Å². The second kappa shape index (κ2) is 53.7. The van der Waals surface area contributed by atoms with Crippen molar-refractivity contribution in [1.82, 2.24) is 0 Å². The van der Waals surface area contributed by atoms with E-state index in [0.717, 1.165) is 44.9 Å². The van der Waals surface area contributed by atoms with E-state index in [2.05, 4.69) is 45.1 Å². The fourth-order valence-corrected chi connectivity index (χ4v) is 8.31. The van der Waals surface area contributed by atoms with Crippen molar-refractivity contribution >= 4 is 11.9 Å². The number of hydrogen-bond acceptors (Lipinski definition) is 5. The molecule has 1 atom stereocenters. The first-order valence-corrected chi connectivity index (χ1v) is 27.9. The molecule has 0 aromatic carbocycles. The molecule has 0 saturated heterocycles. The van der Waals surface area contributed by atoms with Crippen LogP contribution in [0.25, 0.3) is 0 Å². The summed E-state index contributed by atoms with van der Waals surface area (Å²) in [5, 5.41) is 0. The van der Waals surface area contributed by atoms with Crippen molar-refractivity contribution in [3.63, 3.8) is 0 Å². The van der Waals surface area contributed by atoms with Gasteiger partial charge in [-0.1, -0.05) is 263 Å². The van der Waals surface area contributed by atoms with Gasteiger partial charge in [0.2, 0.25) is 0 Å². The molecule has 62 heavy (non-hydrogen) atoms. The molecule has 1 unspecified atom stereocenters. The normalized spacial score (nSPS) is 12.2. The fraction of sp³-hybridized carbons (Fsp3) is 0.895. The van der Waals surface area contributed by atoms with Crippen molar-refractivity contribution in [2.24, 2.45) is 0 Å². The van der Waals surface area contributed by atoms with Crippen LogP contribution in [0.5, 0.6) is 0 Å². The van der Waals surface area contributed by atoms with E-state index in [1.165, 1.54) is 225 Å². The van der Waals surface area contributed by atoms with Crippen molar-refractivity contribution in [3.8, 4) is 0 Å². The highest BCUT2D eigenvalue weighted by molar-refractivity contribution is 5.70. The van der Waals surface area contributed by atoms with Crippen LogP contribution in [0.2, 0.25) is 0 Å². The molecule has 0 aliphatic carbocycles. The lowest BCUT2D eigenvalue weighted by Gasteiger charge is -2.18. The van der Waals surface area contributed by atoms with Gasteiger partial charge < -0.3 is 14.2 Å². The van der Waals surface area contributed by atoms with Crippen LogP contribution in [0.4, 0.5) is 0 Å². The zero-order valence-electron chi connectivity index (χ0n) is 42.2. The topological polar surface area (TPSA) is 61.8 Å². The first kappa shape index (κ1) is 60.4. The Morgan fingerprint density at radius 1 is 0.355 bits per heavy atom. The molecular formula is C57H108O5. The van der Waals surface area contributed by atoms with E-state index in [-0.39, 0.29) is 18.5 Å². The van der Waals surface area contributed by atoms with Gasteiger partial charge in [0.15, 0.2) is 6.10 Å². The van der Waals surface area contributed by atoms with Crippen LogP contribution in [0.15, 0.2) is 24.3 Å². The summed E-state index contributed by atoms with van der Waals surface area (Å²) in [6.07, 6.45) is 63.3. The highest BCUT2D eigenvalue weighted by Crippen LogP contribution is 2.16. The third kappa shape index (κ3) is 51.0. The summed E-state index contributed by atoms with van der Waals surface area (Å²) in [6, 6.07) is 0. The number of carbonyl (C=O) groups excluding carboxylic acids is 2. The molecule has 0 heterocycles. The zero-order valence-corrected chi connectivity index (χ0v) is 42.2. The molecular weight excluding hydrogens is 765 g/mol. The molecule has 0 rings (SSSR count). The van der Waals surface area contributed by atoms with Gasteiger partial charge in [0, 0.05) is 19.4 Å². The molecule has 0 N–H and O–H groups in total. The molecule has 0 fully saturated rings. The molecule has 0 aliphatic heterocycles. The van der Waals surface area contributed by atoms with E-state index in [9.17, 15) is 9.59 Å². The third-order valence-corrected chi connectivity index (χ3v) is 12.5. The molecule has 0 radical (unpaired) electrons. The summed E-state index contributed by atoms with van der Waals surface area (Å²) in [5.41, 5.74) is 0. The van der Waals surface area contributed by atoms with E-state index in [1.54, 1.807) is 0 Å². The minimum absolute atomic E-state index is 0.0924. The largest absolute Gasteiger partial charge is 0.462 e. The number of rotatable bonds is 52. The molecule has 0 bridgehead atoms. The number of hydrogen-bond donors (Lipinski definition) is 0. The summed E-state index contributed by atoms with van der Waals surface area (Å²) >= 11 is 0. The molecule has 0 saturated carbocycles. The van der Waals surface area contributed by atoms with Crippen LogP contribution in [-0.4, -0.2) is 37.9 Å². The first-order chi connectivity index (χ1) is 30.6. The van der Waals surface area contributed by atoms with Crippen LogP contribution < -0.4 is 0 Å². The number of ether oxygens (including phenoxy) is 3. The minimum atomic E-state index is -0.529. The van der Waals surface area contributed by atoms with Gasteiger partial charge in [0.1, 0.15) is 6.61 Å². The van der Waals surface area contributed by atoms with Crippen LogP contribution >= 0.6 is 0 Å². The van der Waals surface area contributed by atoms with Gasteiger partial charge in [0.05, 0.1) is 6.61 Å². The van der Waals surface area contributed by atoms with Crippen LogP contribution in [0.1, 0.15) is 303 Å². The smallest absolute Gasteiger partial charge is 0.306 e. The number of carbonyl (C=O) groups is 2. The SMILES string of the molecule is CCCCC/C=C\C/C=C\CCCCCCCCCCCCOCC(COC(=O)CCCCCCCCCCCCCCC)OC(=O)CCCCCCCCCCCCCCC. The van der Waals surface area contributed by atoms with Crippen LogP contribution in [-0.2, 0) is 23.8 Å². The highest BCUT2D eigenvalue weighted by Gasteiger charge is 2.17. The van der Waals surface area contributed by atoms with E-state index in [0.29, 0.717) is 26.1 Å². The van der Waals surface area contributed by atoms with Gasteiger partial charge in [-0.2, -0.15) is 0 Å². The Hall–Kier alpha value is -1.62. The summed E-state index contributed by atoms with van der Waals surface area (Å²) in [6.45, 7) is 7.86. The number of esters is 2. The second-order valence-electron chi connectivity index (χ2n) is 18.9. The van der Waals surface area contributed by atoms with Gasteiger partial charge >= 0.3 is 11.9 Å². The Morgan fingerprint density at radius 2 is 0.677 bits per heavy atom. The molecule has 5 nitrogen and oxygen atoms in total. The third-order valence-electron chi connectivity index (χ3n) is 12.5. The zero-order chi connectivity index (χ0) is 44.9. The lowest BCUT2D eigenvalue weighted by Crippen LogP contribution is -2.30. The minimum Gasteiger partial charge on any atom is -0.462 e. The van der Waals surface area contributed by atoms with Gasteiger partial charge in [-0.25, -0.2) is 0 Å². The molecule has 0 spiro atoms. The van der Waals surface area contributed by atoms with Crippen molar-refractivity contribution in [1.29, 1.82) is 0 Å². The molecule has 0 amide bonds. The van der Waals surface area contributed by atoms with Gasteiger partial charge in [-0.15, -0.1) is 0 Å². The van der Waals surface area contributed by atoms with Crippen molar-refractivity contribution in [2.45, 2.75) is 309 Å². The predicted molar refractivity (Wildman–Crippen MR) is 270 cm³/mol. The van der Waals surface area contributed by atoms with E-state index in [1.807, 2.05) is 0 Å². The first-order valence-electron chi connectivity index (χ1n) is 27.9. The average molecular weight is 873 g/mol. The Kier molecular flexibility index (Phi) is 52.3. The van der Waals surface area contributed by atoms with Crippen LogP contribution in [0, 0.1) is 0 Å². The van der Waals surface area contributed by atoms with Gasteiger partial charge in [0.25, 0.3) is 0 Å². The second-order valence-corrected chi connectivity index (χ2v) is 18.9. The van der Waals surface area contributed by atoms with Crippen LogP contribution in [0.3, 0.4) is 0 Å². The van der Waals surface area contributed by atoms with E-state index >= 15 is 0 Å². The summed E-state index contributed by atoms with van der Waals surface area (Å²) in [4.78, 5) is 25.4. The van der Waals surface area contributed by atoms with Crippen molar-refractivity contribution in [2.75, 3.05) is 19.8 Å². The monoisotopic (exact) mass is 873 g/mol. The average Bonchev–Trinajstić information content (AvgIpc) is 3.27. The Bertz CT molecular complexity index is 943. The predicted octanol–water partition coefficient (Wildman–Crippen LogP) is 18.8.